The highest BCUT2D eigenvalue weighted by atomic mass is 32.2. The van der Waals surface area contributed by atoms with E-state index in [2.05, 4.69) is 0 Å². The molecule has 0 spiro atoms. The van der Waals surface area contributed by atoms with Gasteiger partial charge < -0.3 is 4.90 Å². The fraction of sp³-hybridized carbons (Fsp3) is 0.875. The molecule has 1 heterocycles. The van der Waals surface area contributed by atoms with E-state index in [1.165, 1.54) is 4.90 Å². The zero-order chi connectivity index (χ0) is 10.6. The number of amides is 1. The van der Waals surface area contributed by atoms with Crippen molar-refractivity contribution in [3.63, 3.8) is 0 Å². The molecular weight excluding hydrogens is 215 g/mol. The molecule has 1 aliphatic rings. The Labute approximate surface area is 84.8 Å². The van der Waals surface area contributed by atoms with E-state index < -0.39 is 17.2 Å². The molecule has 82 valence electrons. The van der Waals surface area contributed by atoms with Gasteiger partial charge in [0.15, 0.2) is 0 Å². The molecule has 0 aromatic rings. The Morgan fingerprint density at radius 3 is 2.29 bits per heavy atom. The first-order valence-corrected chi connectivity index (χ1v) is 5.46. The quantitative estimate of drug-likeness (QED) is 0.721. The zero-order valence-corrected chi connectivity index (χ0v) is 8.46. The van der Waals surface area contributed by atoms with Crippen LogP contribution in [0.5, 0.6) is 0 Å². The summed E-state index contributed by atoms with van der Waals surface area (Å²) in [4.78, 5) is 12.8. The van der Waals surface area contributed by atoms with E-state index in [4.69, 9.17) is 0 Å². The van der Waals surface area contributed by atoms with Crippen LogP contribution in [0.2, 0.25) is 0 Å². The fourth-order valence-electron chi connectivity index (χ4n) is 1.38. The number of rotatable bonds is 2. The highest BCUT2D eigenvalue weighted by Crippen LogP contribution is 2.30. The highest BCUT2D eigenvalue weighted by molar-refractivity contribution is 8.00. The van der Waals surface area contributed by atoms with Crippen LogP contribution >= 0.6 is 11.8 Å². The number of piperidine rings is 1. The number of hydrogen-bond acceptors (Lipinski definition) is 2. The summed E-state index contributed by atoms with van der Waals surface area (Å²) in [5.74, 6) is -0.879. The second kappa shape index (κ2) is 4.91. The molecular formula is C8H12F3NOS. The smallest absolute Gasteiger partial charge is 0.342 e. The van der Waals surface area contributed by atoms with Gasteiger partial charge in [-0.15, -0.1) is 0 Å². The van der Waals surface area contributed by atoms with E-state index in [0.29, 0.717) is 13.1 Å². The van der Waals surface area contributed by atoms with Crippen molar-refractivity contribution >= 4 is 17.7 Å². The average molecular weight is 227 g/mol. The zero-order valence-electron chi connectivity index (χ0n) is 7.64. The first-order valence-electron chi connectivity index (χ1n) is 4.47. The number of hydrogen-bond donors (Lipinski definition) is 0. The van der Waals surface area contributed by atoms with Crippen LogP contribution in [0.15, 0.2) is 0 Å². The topological polar surface area (TPSA) is 20.3 Å². The van der Waals surface area contributed by atoms with Gasteiger partial charge in [-0.25, -0.2) is 0 Å². The molecule has 0 radical (unpaired) electrons. The highest BCUT2D eigenvalue weighted by Gasteiger charge is 2.30. The van der Waals surface area contributed by atoms with Gasteiger partial charge in [-0.1, -0.05) is 0 Å². The maximum absolute atomic E-state index is 11.8. The standard InChI is InChI=1S/C8H12F3NOS/c9-8(10,11)14-6-7(13)12-4-2-1-3-5-12/h1-6H2. The lowest BCUT2D eigenvalue weighted by atomic mass is 10.1. The molecule has 1 aliphatic heterocycles. The summed E-state index contributed by atoms with van der Waals surface area (Å²) >= 11 is -0.256. The molecule has 1 saturated heterocycles. The van der Waals surface area contributed by atoms with Crippen molar-refractivity contribution in [1.29, 1.82) is 0 Å². The summed E-state index contributed by atoms with van der Waals surface area (Å²) in [6.07, 6.45) is 2.88. The van der Waals surface area contributed by atoms with Gasteiger partial charge in [0.1, 0.15) is 0 Å². The van der Waals surface area contributed by atoms with E-state index >= 15 is 0 Å². The number of nitrogens with zero attached hydrogens (tertiary/aromatic N) is 1. The molecule has 0 aromatic heterocycles. The Morgan fingerprint density at radius 1 is 1.21 bits per heavy atom. The number of halogens is 3. The Morgan fingerprint density at radius 2 is 1.79 bits per heavy atom. The third kappa shape index (κ3) is 4.21. The summed E-state index contributed by atoms with van der Waals surface area (Å²) in [5.41, 5.74) is -4.30. The van der Waals surface area contributed by atoms with Crippen molar-refractivity contribution in [2.45, 2.75) is 24.8 Å². The summed E-state index contributed by atoms with van der Waals surface area (Å²) in [6.45, 7) is 1.22. The lowest BCUT2D eigenvalue weighted by molar-refractivity contribution is -0.129. The van der Waals surface area contributed by atoms with Crippen molar-refractivity contribution in [3.8, 4) is 0 Å². The van der Waals surface area contributed by atoms with Crippen LogP contribution in [-0.4, -0.2) is 35.2 Å². The van der Waals surface area contributed by atoms with Gasteiger partial charge in [0.2, 0.25) is 5.91 Å². The molecule has 1 fully saturated rings. The molecule has 0 unspecified atom stereocenters. The maximum Gasteiger partial charge on any atom is 0.442 e. The van der Waals surface area contributed by atoms with Gasteiger partial charge in [0.05, 0.1) is 5.75 Å². The molecule has 0 aliphatic carbocycles. The van der Waals surface area contributed by atoms with Gasteiger partial charge in [-0.2, -0.15) is 13.2 Å². The maximum atomic E-state index is 11.8. The Kier molecular flexibility index (Phi) is 4.10. The molecule has 0 saturated carbocycles. The minimum atomic E-state index is -4.30. The van der Waals surface area contributed by atoms with Gasteiger partial charge in [0.25, 0.3) is 0 Å². The van der Waals surface area contributed by atoms with E-state index in [1.807, 2.05) is 0 Å². The number of alkyl halides is 3. The number of carbonyl (C=O) groups excluding carboxylic acids is 1. The van der Waals surface area contributed by atoms with Crippen molar-refractivity contribution in [2.75, 3.05) is 18.8 Å². The molecule has 0 atom stereocenters. The third-order valence-electron chi connectivity index (χ3n) is 2.07. The number of thioether (sulfide) groups is 1. The van der Waals surface area contributed by atoms with Crippen LogP contribution in [0.3, 0.4) is 0 Å². The van der Waals surface area contributed by atoms with Gasteiger partial charge in [-0.05, 0) is 31.0 Å². The summed E-state index contributed by atoms with van der Waals surface area (Å²) in [5, 5.41) is 0. The Hall–Kier alpha value is -0.390. The lowest BCUT2D eigenvalue weighted by Crippen LogP contribution is -2.37. The summed E-state index contributed by atoms with van der Waals surface area (Å²) < 4.78 is 35.3. The normalized spacial score (nSPS) is 18.4. The van der Waals surface area contributed by atoms with E-state index in [9.17, 15) is 18.0 Å². The van der Waals surface area contributed by atoms with Crippen LogP contribution in [0.1, 0.15) is 19.3 Å². The predicted octanol–water partition coefficient (Wildman–Crippen LogP) is 2.25. The van der Waals surface area contributed by atoms with Gasteiger partial charge in [-0.3, -0.25) is 4.79 Å². The van der Waals surface area contributed by atoms with Crippen molar-refractivity contribution in [2.24, 2.45) is 0 Å². The fourth-order valence-corrected chi connectivity index (χ4v) is 1.85. The van der Waals surface area contributed by atoms with Crippen molar-refractivity contribution in [3.05, 3.63) is 0 Å². The van der Waals surface area contributed by atoms with Crippen LogP contribution < -0.4 is 0 Å². The van der Waals surface area contributed by atoms with Crippen LogP contribution in [0.4, 0.5) is 13.2 Å². The largest absolute Gasteiger partial charge is 0.442 e. The molecule has 1 rings (SSSR count). The third-order valence-corrected chi connectivity index (χ3v) is 2.79. The van der Waals surface area contributed by atoms with Gasteiger partial charge in [0, 0.05) is 13.1 Å². The summed E-state index contributed by atoms with van der Waals surface area (Å²) in [7, 11) is 0. The second-order valence-electron chi connectivity index (χ2n) is 3.18. The van der Waals surface area contributed by atoms with Crippen molar-refractivity contribution < 1.29 is 18.0 Å². The summed E-state index contributed by atoms with van der Waals surface area (Å²) in [6, 6.07) is 0. The first-order chi connectivity index (χ1) is 6.49. The van der Waals surface area contributed by atoms with Crippen LogP contribution in [0.25, 0.3) is 0 Å². The number of likely N-dealkylation sites (tertiary alicyclic amines) is 1. The average Bonchev–Trinajstić information content (AvgIpc) is 2.14. The molecule has 0 aromatic carbocycles. The Balaban J connectivity index is 2.27. The number of carbonyl (C=O) groups is 1. The molecule has 2 nitrogen and oxygen atoms in total. The molecule has 14 heavy (non-hydrogen) atoms. The van der Waals surface area contributed by atoms with E-state index in [-0.39, 0.29) is 11.8 Å². The Bertz CT molecular complexity index is 201. The monoisotopic (exact) mass is 227 g/mol. The SMILES string of the molecule is O=C(CSC(F)(F)F)N1CCCCC1. The van der Waals surface area contributed by atoms with Crippen molar-refractivity contribution in [1.82, 2.24) is 4.90 Å². The molecule has 0 bridgehead atoms. The first kappa shape index (κ1) is 11.7. The van der Waals surface area contributed by atoms with Gasteiger partial charge >= 0.3 is 5.51 Å². The minimum absolute atomic E-state index is 0.256. The second-order valence-corrected chi connectivity index (χ2v) is 4.22. The van der Waals surface area contributed by atoms with E-state index in [1.54, 1.807) is 0 Å². The van der Waals surface area contributed by atoms with Crippen LogP contribution in [-0.2, 0) is 4.79 Å². The molecule has 6 heteroatoms. The molecule has 1 amide bonds. The predicted molar refractivity (Wildman–Crippen MR) is 48.9 cm³/mol. The van der Waals surface area contributed by atoms with Crippen LogP contribution in [0, 0.1) is 0 Å². The lowest BCUT2D eigenvalue weighted by Gasteiger charge is -2.26. The molecule has 0 N–H and O–H groups in total. The van der Waals surface area contributed by atoms with E-state index in [0.717, 1.165) is 19.3 Å². The minimum Gasteiger partial charge on any atom is -0.342 e.